The van der Waals surface area contributed by atoms with E-state index in [9.17, 15) is 10.1 Å². The Morgan fingerprint density at radius 3 is 2.61 bits per heavy atom. The van der Waals surface area contributed by atoms with Gasteiger partial charge in [0.1, 0.15) is 11.6 Å². The summed E-state index contributed by atoms with van der Waals surface area (Å²) in [6.45, 7) is 6.25. The Morgan fingerprint density at radius 1 is 1.39 bits per heavy atom. The van der Waals surface area contributed by atoms with E-state index in [1.807, 2.05) is 13.0 Å². The van der Waals surface area contributed by atoms with E-state index in [4.69, 9.17) is 4.74 Å². The Hall–Kier alpha value is -2.32. The van der Waals surface area contributed by atoms with Crippen LogP contribution in [0.2, 0.25) is 0 Å². The maximum atomic E-state index is 12.3. The van der Waals surface area contributed by atoms with Crippen LogP contribution in [0.25, 0.3) is 0 Å². The third-order valence-corrected chi connectivity index (χ3v) is 4.01. The van der Waals surface area contributed by atoms with Crippen LogP contribution < -0.4 is 5.32 Å². The summed E-state index contributed by atoms with van der Waals surface area (Å²) in [6, 6.07) is 10.4. The average Bonchev–Trinajstić information content (AvgIpc) is 2.62. The number of hydrogen-bond donors (Lipinski definition) is 1. The smallest absolute Gasteiger partial charge is 0.266 e. The summed E-state index contributed by atoms with van der Waals surface area (Å²) < 4.78 is 5.23. The Labute approximate surface area is 137 Å². The van der Waals surface area contributed by atoms with Crippen LogP contribution in [0.15, 0.2) is 36.0 Å². The number of carbonyl (C=O) groups excluding carboxylic acids is 1. The maximum absolute atomic E-state index is 12.3. The van der Waals surface area contributed by atoms with Crippen LogP contribution in [0.4, 0.5) is 0 Å². The molecular formula is C18H23N3O2. The highest BCUT2D eigenvalue weighted by Gasteiger charge is 2.20. The minimum absolute atomic E-state index is 0.0294. The van der Waals surface area contributed by atoms with Crippen molar-refractivity contribution in [2.24, 2.45) is 0 Å². The normalized spacial score (nSPS) is 16.6. The molecule has 1 fully saturated rings. The monoisotopic (exact) mass is 313 g/mol. The standard InChI is InChI=1S/C18H23N3O2/c1-3-15-4-6-16(7-5-15)14(2)20-13-17(12-19)18(22)21-8-10-23-11-9-21/h4-7,13-14,20H,3,8-11H2,1-2H3/b17-13-. The molecule has 0 spiro atoms. The molecule has 1 aliphatic rings. The van der Waals surface area contributed by atoms with E-state index in [1.54, 1.807) is 4.90 Å². The largest absolute Gasteiger partial charge is 0.383 e. The summed E-state index contributed by atoms with van der Waals surface area (Å²) >= 11 is 0. The van der Waals surface area contributed by atoms with Crippen LogP contribution in [-0.2, 0) is 16.0 Å². The predicted molar refractivity (Wildman–Crippen MR) is 88.5 cm³/mol. The molecule has 1 heterocycles. The molecule has 0 aliphatic carbocycles. The van der Waals surface area contributed by atoms with Crippen molar-refractivity contribution < 1.29 is 9.53 Å². The fourth-order valence-corrected chi connectivity index (χ4v) is 2.43. The van der Waals surface area contributed by atoms with Crippen LogP contribution in [0, 0.1) is 11.3 Å². The molecule has 1 saturated heterocycles. The fraction of sp³-hybridized carbons (Fsp3) is 0.444. The van der Waals surface area contributed by atoms with Crippen molar-refractivity contribution in [3.05, 3.63) is 47.2 Å². The van der Waals surface area contributed by atoms with Crippen molar-refractivity contribution in [3.63, 3.8) is 0 Å². The fourth-order valence-electron chi connectivity index (χ4n) is 2.43. The number of benzene rings is 1. The van der Waals surface area contributed by atoms with E-state index in [1.165, 1.54) is 11.8 Å². The lowest BCUT2D eigenvalue weighted by atomic mass is 10.1. The Morgan fingerprint density at radius 2 is 2.04 bits per heavy atom. The van der Waals surface area contributed by atoms with Crippen molar-refractivity contribution in [1.82, 2.24) is 10.2 Å². The Kier molecular flexibility index (Phi) is 6.19. The van der Waals surface area contributed by atoms with Crippen LogP contribution in [0.5, 0.6) is 0 Å². The minimum atomic E-state index is -0.239. The molecule has 23 heavy (non-hydrogen) atoms. The molecule has 1 amide bonds. The third kappa shape index (κ3) is 4.57. The first-order chi connectivity index (χ1) is 11.2. The van der Waals surface area contributed by atoms with Gasteiger partial charge in [0.05, 0.1) is 13.2 Å². The highest BCUT2D eigenvalue weighted by Crippen LogP contribution is 2.14. The summed E-state index contributed by atoms with van der Waals surface area (Å²) in [5, 5.41) is 12.4. The molecule has 1 aromatic rings. The van der Waals surface area contributed by atoms with E-state index in [-0.39, 0.29) is 17.5 Å². The molecule has 5 heteroatoms. The van der Waals surface area contributed by atoms with Gasteiger partial charge in [-0.25, -0.2) is 0 Å². The number of ether oxygens (including phenoxy) is 1. The first-order valence-electron chi connectivity index (χ1n) is 7.98. The second-order valence-corrected chi connectivity index (χ2v) is 5.56. The van der Waals surface area contributed by atoms with Gasteiger partial charge in [0.2, 0.25) is 0 Å². The molecule has 1 N–H and O–H groups in total. The lowest BCUT2D eigenvalue weighted by Gasteiger charge is -2.26. The van der Waals surface area contributed by atoms with Crippen molar-refractivity contribution in [3.8, 4) is 6.07 Å². The van der Waals surface area contributed by atoms with Crippen molar-refractivity contribution in [2.75, 3.05) is 26.3 Å². The Bertz CT molecular complexity index is 596. The van der Waals surface area contributed by atoms with E-state index in [0.717, 1.165) is 12.0 Å². The highest BCUT2D eigenvalue weighted by molar-refractivity contribution is 5.97. The van der Waals surface area contributed by atoms with Gasteiger partial charge in [-0.15, -0.1) is 0 Å². The van der Waals surface area contributed by atoms with Gasteiger partial charge in [0, 0.05) is 25.3 Å². The van der Waals surface area contributed by atoms with E-state index < -0.39 is 0 Å². The number of hydrogen-bond acceptors (Lipinski definition) is 4. The molecule has 5 nitrogen and oxygen atoms in total. The zero-order valence-corrected chi connectivity index (χ0v) is 13.7. The Balaban J connectivity index is 2.00. The van der Waals surface area contributed by atoms with Gasteiger partial charge in [0.25, 0.3) is 5.91 Å². The van der Waals surface area contributed by atoms with Crippen molar-refractivity contribution in [1.29, 1.82) is 5.26 Å². The van der Waals surface area contributed by atoms with E-state index in [2.05, 4.69) is 36.5 Å². The van der Waals surface area contributed by atoms with E-state index >= 15 is 0 Å². The number of morpholine rings is 1. The quantitative estimate of drug-likeness (QED) is 0.668. The zero-order valence-electron chi connectivity index (χ0n) is 13.7. The van der Waals surface area contributed by atoms with Gasteiger partial charge in [0.15, 0.2) is 0 Å². The van der Waals surface area contributed by atoms with Crippen LogP contribution in [0.1, 0.15) is 31.0 Å². The molecule has 1 aliphatic heterocycles. The molecule has 0 bridgehead atoms. The first-order valence-corrected chi connectivity index (χ1v) is 7.98. The van der Waals surface area contributed by atoms with Gasteiger partial charge in [-0.1, -0.05) is 31.2 Å². The summed E-state index contributed by atoms with van der Waals surface area (Å²) in [7, 11) is 0. The first kappa shape index (κ1) is 17.0. The number of carbonyl (C=O) groups is 1. The molecule has 1 atom stereocenters. The summed E-state index contributed by atoms with van der Waals surface area (Å²) in [6.07, 6.45) is 2.53. The lowest BCUT2D eigenvalue weighted by Crippen LogP contribution is -2.41. The number of aryl methyl sites for hydroxylation is 1. The lowest BCUT2D eigenvalue weighted by molar-refractivity contribution is -0.130. The number of nitriles is 1. The van der Waals surface area contributed by atoms with Gasteiger partial charge in [-0.05, 0) is 24.5 Å². The predicted octanol–water partition coefficient (Wildman–Crippen LogP) is 2.17. The molecule has 122 valence electrons. The molecule has 0 aromatic heterocycles. The summed E-state index contributed by atoms with van der Waals surface area (Å²) in [5.41, 5.74) is 2.54. The molecule has 1 aromatic carbocycles. The van der Waals surface area contributed by atoms with Crippen LogP contribution in [-0.4, -0.2) is 37.1 Å². The molecule has 1 unspecified atom stereocenters. The molecule has 0 saturated carbocycles. The van der Waals surface area contributed by atoms with Gasteiger partial charge in [-0.2, -0.15) is 5.26 Å². The molecule has 0 radical (unpaired) electrons. The average molecular weight is 313 g/mol. The summed E-state index contributed by atoms with van der Waals surface area (Å²) in [5.74, 6) is -0.239. The van der Waals surface area contributed by atoms with E-state index in [0.29, 0.717) is 26.3 Å². The maximum Gasteiger partial charge on any atom is 0.266 e. The van der Waals surface area contributed by atoms with Crippen LogP contribution in [0.3, 0.4) is 0 Å². The molecular weight excluding hydrogens is 290 g/mol. The number of amides is 1. The number of nitrogens with one attached hydrogen (secondary N) is 1. The SMILES string of the molecule is CCc1ccc(C(C)N/C=C(/C#N)C(=O)N2CCOCC2)cc1. The van der Waals surface area contributed by atoms with Crippen LogP contribution >= 0.6 is 0 Å². The second-order valence-electron chi connectivity index (χ2n) is 5.56. The number of nitrogens with zero attached hydrogens (tertiary/aromatic N) is 2. The number of rotatable bonds is 5. The van der Waals surface area contributed by atoms with Gasteiger partial charge >= 0.3 is 0 Å². The van der Waals surface area contributed by atoms with Crippen molar-refractivity contribution >= 4 is 5.91 Å². The highest BCUT2D eigenvalue weighted by atomic mass is 16.5. The van der Waals surface area contributed by atoms with Gasteiger partial charge in [-0.3, -0.25) is 4.79 Å². The molecule has 2 rings (SSSR count). The zero-order chi connectivity index (χ0) is 16.7. The van der Waals surface area contributed by atoms with Gasteiger partial charge < -0.3 is 15.0 Å². The second kappa shape index (κ2) is 8.35. The third-order valence-electron chi connectivity index (χ3n) is 4.01. The van der Waals surface area contributed by atoms with Crippen molar-refractivity contribution in [2.45, 2.75) is 26.3 Å². The summed E-state index contributed by atoms with van der Waals surface area (Å²) in [4.78, 5) is 14.0. The minimum Gasteiger partial charge on any atom is -0.383 e. The topological polar surface area (TPSA) is 65.4 Å².